The van der Waals surface area contributed by atoms with E-state index >= 15 is 0 Å². The molecule has 0 aliphatic heterocycles. The summed E-state index contributed by atoms with van der Waals surface area (Å²) in [4.78, 5) is 5.47. The number of rotatable bonds is 5. The minimum Gasteiger partial charge on any atom is -0.356 e. The first kappa shape index (κ1) is 18.9. The van der Waals surface area contributed by atoms with Crippen molar-refractivity contribution < 1.29 is 0 Å². The van der Waals surface area contributed by atoms with Crippen molar-refractivity contribution in [2.45, 2.75) is 13.0 Å². The van der Waals surface area contributed by atoms with Gasteiger partial charge in [-0.05, 0) is 30.7 Å². The molecule has 0 amide bonds. The van der Waals surface area contributed by atoms with Gasteiger partial charge >= 0.3 is 0 Å². The first-order valence-corrected chi connectivity index (χ1v) is 8.43. The number of guanidine groups is 1. The van der Waals surface area contributed by atoms with Crippen LogP contribution in [0.25, 0.3) is 5.65 Å². The molecule has 0 bridgehead atoms. The van der Waals surface area contributed by atoms with E-state index in [9.17, 15) is 0 Å². The number of halogens is 2. The summed E-state index contributed by atoms with van der Waals surface area (Å²) in [5.41, 5.74) is 0.835. The summed E-state index contributed by atoms with van der Waals surface area (Å²) in [6.07, 6.45) is 2.86. The maximum atomic E-state index is 5.93. The summed E-state index contributed by atoms with van der Waals surface area (Å²) in [5.74, 6) is 1.58. The van der Waals surface area contributed by atoms with Gasteiger partial charge in [0.2, 0.25) is 0 Å². The molecule has 0 saturated heterocycles. The Morgan fingerprint density at radius 2 is 2.12 bits per heavy atom. The fourth-order valence-electron chi connectivity index (χ4n) is 2.19. The lowest BCUT2D eigenvalue weighted by molar-refractivity contribution is 0.759. The lowest BCUT2D eigenvalue weighted by Crippen LogP contribution is -2.38. The zero-order valence-corrected chi connectivity index (χ0v) is 17.0. The van der Waals surface area contributed by atoms with E-state index in [-0.39, 0.29) is 24.0 Å². The summed E-state index contributed by atoms with van der Waals surface area (Å²) in [6, 6.07) is 9.80. The van der Waals surface area contributed by atoms with Gasteiger partial charge in [0.15, 0.2) is 17.4 Å². The third kappa shape index (κ3) is 4.81. The van der Waals surface area contributed by atoms with Gasteiger partial charge in [-0.2, -0.15) is 0 Å². The second-order valence-electron chi connectivity index (χ2n) is 4.85. The summed E-state index contributed by atoms with van der Waals surface area (Å²) < 4.78 is 2.77. The largest absolute Gasteiger partial charge is 0.356 e. The van der Waals surface area contributed by atoms with Gasteiger partial charge in [-0.1, -0.05) is 17.7 Å². The van der Waals surface area contributed by atoms with Crippen LogP contribution in [-0.4, -0.2) is 34.2 Å². The topological polar surface area (TPSA) is 66.6 Å². The quantitative estimate of drug-likeness (QED) is 0.338. The molecular formula is C15H18ClIN6S. The number of hydrogen-bond acceptors (Lipinski definition) is 4. The molecule has 128 valence electrons. The predicted octanol–water partition coefficient (Wildman–Crippen LogP) is 2.97. The summed E-state index contributed by atoms with van der Waals surface area (Å²) >= 11 is 7.53. The van der Waals surface area contributed by atoms with E-state index in [4.69, 9.17) is 11.6 Å². The Morgan fingerprint density at radius 3 is 2.88 bits per heavy atom. The Labute approximate surface area is 166 Å². The van der Waals surface area contributed by atoms with Crippen LogP contribution < -0.4 is 10.6 Å². The molecule has 0 spiro atoms. The summed E-state index contributed by atoms with van der Waals surface area (Å²) in [6.45, 7) is 1.34. The molecule has 0 aromatic carbocycles. The van der Waals surface area contributed by atoms with Crippen molar-refractivity contribution in [2.75, 3.05) is 13.6 Å². The fraction of sp³-hybridized carbons (Fsp3) is 0.267. The number of hydrogen-bond donors (Lipinski definition) is 2. The average Bonchev–Trinajstić information content (AvgIpc) is 3.17. The lowest BCUT2D eigenvalue weighted by Gasteiger charge is -2.10. The monoisotopic (exact) mass is 476 g/mol. The fourth-order valence-corrected chi connectivity index (χ4v) is 3.27. The molecule has 0 unspecified atom stereocenters. The van der Waals surface area contributed by atoms with E-state index in [1.165, 1.54) is 4.88 Å². The molecule has 0 aliphatic rings. The average molecular weight is 477 g/mol. The van der Waals surface area contributed by atoms with Crippen molar-refractivity contribution in [3.8, 4) is 0 Å². The molecule has 3 rings (SSSR count). The van der Waals surface area contributed by atoms with Crippen molar-refractivity contribution in [1.29, 1.82) is 0 Å². The van der Waals surface area contributed by atoms with Gasteiger partial charge < -0.3 is 10.6 Å². The van der Waals surface area contributed by atoms with Crippen LogP contribution >= 0.6 is 46.9 Å². The van der Waals surface area contributed by atoms with Crippen LogP contribution in [0.1, 0.15) is 10.7 Å². The van der Waals surface area contributed by atoms with Crippen LogP contribution in [0, 0.1) is 0 Å². The van der Waals surface area contributed by atoms with Crippen molar-refractivity contribution in [2.24, 2.45) is 4.99 Å². The smallest absolute Gasteiger partial charge is 0.191 e. The molecule has 0 fully saturated rings. The van der Waals surface area contributed by atoms with E-state index in [1.807, 2.05) is 40.9 Å². The molecule has 0 aliphatic carbocycles. The minimum absolute atomic E-state index is 0. The zero-order chi connectivity index (χ0) is 16.1. The molecule has 24 heavy (non-hydrogen) atoms. The molecule has 2 N–H and O–H groups in total. The highest BCUT2D eigenvalue weighted by Gasteiger charge is 2.05. The van der Waals surface area contributed by atoms with E-state index in [0.717, 1.165) is 34.7 Å². The molecular weight excluding hydrogens is 459 g/mol. The Kier molecular flexibility index (Phi) is 7.25. The molecule has 0 atom stereocenters. The number of nitrogens with zero attached hydrogens (tertiary/aromatic N) is 4. The minimum atomic E-state index is 0. The van der Waals surface area contributed by atoms with Crippen molar-refractivity contribution in [3.63, 3.8) is 0 Å². The molecule has 6 nitrogen and oxygen atoms in total. The number of fused-ring (bicyclic) bond motifs is 1. The molecule has 0 radical (unpaired) electrons. The highest BCUT2D eigenvalue weighted by molar-refractivity contribution is 14.0. The number of thiophene rings is 1. The van der Waals surface area contributed by atoms with Crippen LogP contribution in [0.5, 0.6) is 0 Å². The van der Waals surface area contributed by atoms with Crippen LogP contribution in [0.15, 0.2) is 41.5 Å². The molecule has 9 heteroatoms. The van der Waals surface area contributed by atoms with Gasteiger partial charge in [0, 0.05) is 24.7 Å². The van der Waals surface area contributed by atoms with Gasteiger partial charge in [-0.15, -0.1) is 45.5 Å². The highest BCUT2D eigenvalue weighted by Crippen LogP contribution is 2.21. The van der Waals surface area contributed by atoms with Gasteiger partial charge in [0.1, 0.15) is 0 Å². The van der Waals surface area contributed by atoms with Crippen LogP contribution in [-0.2, 0) is 13.0 Å². The van der Waals surface area contributed by atoms with E-state index < -0.39 is 0 Å². The van der Waals surface area contributed by atoms with Gasteiger partial charge in [0.05, 0.1) is 10.9 Å². The van der Waals surface area contributed by atoms with Crippen LogP contribution in [0.2, 0.25) is 4.34 Å². The Hall–Kier alpha value is -1.39. The Bertz CT molecular complexity index is 815. The first-order valence-electron chi connectivity index (χ1n) is 7.23. The van der Waals surface area contributed by atoms with Gasteiger partial charge in [-0.25, -0.2) is 0 Å². The number of nitrogens with one attached hydrogen (secondary N) is 2. The molecule has 0 saturated carbocycles. The van der Waals surface area contributed by atoms with E-state index in [2.05, 4.69) is 25.8 Å². The van der Waals surface area contributed by atoms with Crippen LogP contribution in [0.4, 0.5) is 0 Å². The van der Waals surface area contributed by atoms with Crippen LogP contribution in [0.3, 0.4) is 0 Å². The number of aromatic nitrogens is 3. The SMILES string of the molecule is CN=C(NCCc1ccc(Cl)s1)NCc1nnc2ccccn12.I. The van der Waals surface area contributed by atoms with Gasteiger partial charge in [-0.3, -0.25) is 9.39 Å². The number of pyridine rings is 1. The van der Waals surface area contributed by atoms with Crippen molar-refractivity contribution in [1.82, 2.24) is 25.2 Å². The second-order valence-corrected chi connectivity index (χ2v) is 6.65. The Balaban J connectivity index is 0.00000208. The van der Waals surface area contributed by atoms with Gasteiger partial charge in [0.25, 0.3) is 0 Å². The normalized spacial score (nSPS) is 11.3. The van der Waals surface area contributed by atoms with Crippen molar-refractivity contribution >= 4 is 58.5 Å². The molecule has 3 aromatic heterocycles. The number of aliphatic imine (C=N–C) groups is 1. The standard InChI is InChI=1S/C15H17ClN6S.HI/c1-17-15(18-8-7-11-5-6-12(16)23-11)19-10-14-21-20-13-4-2-3-9-22(13)14;/h2-6,9H,7-8,10H2,1H3,(H2,17,18,19);1H. The highest BCUT2D eigenvalue weighted by atomic mass is 127. The predicted molar refractivity (Wildman–Crippen MR) is 110 cm³/mol. The zero-order valence-electron chi connectivity index (χ0n) is 13.1. The third-order valence-corrected chi connectivity index (χ3v) is 4.61. The Morgan fingerprint density at radius 1 is 1.25 bits per heavy atom. The maximum absolute atomic E-state index is 5.93. The second kappa shape index (κ2) is 9.19. The molecule has 3 aromatic rings. The maximum Gasteiger partial charge on any atom is 0.191 e. The summed E-state index contributed by atoms with van der Waals surface area (Å²) in [5, 5.41) is 14.8. The summed E-state index contributed by atoms with van der Waals surface area (Å²) in [7, 11) is 1.75. The first-order chi connectivity index (χ1) is 11.3. The third-order valence-electron chi connectivity index (χ3n) is 3.31. The van der Waals surface area contributed by atoms with E-state index in [1.54, 1.807) is 18.4 Å². The van der Waals surface area contributed by atoms with Crippen molar-refractivity contribution in [3.05, 3.63) is 51.6 Å². The molecule has 3 heterocycles. The lowest BCUT2D eigenvalue weighted by atomic mass is 10.3. The van der Waals surface area contributed by atoms with E-state index in [0.29, 0.717) is 6.54 Å².